The molecule has 93 valence electrons. The molecule has 0 saturated heterocycles. The van der Waals surface area contributed by atoms with E-state index in [0.29, 0.717) is 0 Å². The molecule has 4 nitrogen and oxygen atoms in total. The van der Waals surface area contributed by atoms with Crippen LogP contribution in [0.4, 0.5) is 0 Å². The molecule has 0 aliphatic heterocycles. The number of hydrogen-bond acceptors (Lipinski definition) is 3. The molecule has 1 rings (SSSR count). The summed E-state index contributed by atoms with van der Waals surface area (Å²) in [6.45, 7) is 0. The molecule has 0 aromatic heterocycles. The number of carboxylic acids is 1. The summed E-state index contributed by atoms with van der Waals surface area (Å²) in [5.41, 5.74) is 6.35. The summed E-state index contributed by atoms with van der Waals surface area (Å²) in [5, 5.41) is 18.0. The van der Waals surface area contributed by atoms with Crippen LogP contribution in [0.15, 0.2) is 18.2 Å². The van der Waals surface area contributed by atoms with Crippen molar-refractivity contribution in [1.29, 1.82) is 0 Å². The van der Waals surface area contributed by atoms with E-state index in [4.69, 9.17) is 10.8 Å². The van der Waals surface area contributed by atoms with Crippen LogP contribution < -0.4 is 5.73 Å². The van der Waals surface area contributed by atoms with Gasteiger partial charge in [-0.1, -0.05) is 28.7 Å². The van der Waals surface area contributed by atoms with E-state index in [0.717, 1.165) is 9.13 Å². The van der Waals surface area contributed by atoms with Crippen LogP contribution in [-0.4, -0.2) is 22.2 Å². The molecule has 1 radical (unpaired) electrons. The molecule has 1 unspecified atom stereocenters. The van der Waals surface area contributed by atoms with Crippen molar-refractivity contribution in [3.8, 4) is 5.75 Å². The van der Waals surface area contributed by atoms with E-state index >= 15 is 0 Å². The Hall–Kier alpha value is 0.429. The molecule has 7 heteroatoms. The van der Waals surface area contributed by atoms with Gasteiger partial charge in [-0.25, -0.2) is 0 Å². The molecule has 4 N–H and O–H groups in total. The van der Waals surface area contributed by atoms with Crippen molar-refractivity contribution in [1.82, 2.24) is 0 Å². The fourth-order valence-corrected chi connectivity index (χ4v) is 3.34. The number of rotatable bonds is 3. The SMILES string of the molecule is N[C@H](C(=O)O)C(I)c1ccc(O)cc1I.[Cu]. The fourth-order valence-electron chi connectivity index (χ4n) is 1.06. The van der Waals surface area contributed by atoms with Gasteiger partial charge in [0.25, 0.3) is 0 Å². The second kappa shape index (κ2) is 7.00. The zero-order valence-corrected chi connectivity index (χ0v) is 13.1. The van der Waals surface area contributed by atoms with Crippen molar-refractivity contribution in [2.75, 3.05) is 0 Å². The fraction of sp³-hybridized carbons (Fsp3) is 0.222. The molecule has 0 aliphatic rings. The average molecular weight is 497 g/mol. The van der Waals surface area contributed by atoms with E-state index in [9.17, 15) is 9.90 Å². The van der Waals surface area contributed by atoms with E-state index in [2.05, 4.69) is 0 Å². The first kappa shape index (κ1) is 16.4. The molecule has 2 atom stereocenters. The maximum absolute atomic E-state index is 10.7. The topological polar surface area (TPSA) is 83.6 Å². The number of nitrogens with two attached hydrogens (primary N) is 1. The Morgan fingerprint density at radius 2 is 2.00 bits per heavy atom. The summed E-state index contributed by atoms with van der Waals surface area (Å²) < 4.78 is 0.497. The van der Waals surface area contributed by atoms with E-state index in [1.165, 1.54) is 6.07 Å². The van der Waals surface area contributed by atoms with Crippen molar-refractivity contribution in [3.05, 3.63) is 27.3 Å². The quantitative estimate of drug-likeness (QED) is 0.339. The van der Waals surface area contributed by atoms with Crippen LogP contribution in [0.2, 0.25) is 0 Å². The Labute approximate surface area is 131 Å². The number of benzene rings is 1. The minimum atomic E-state index is -1.03. The Morgan fingerprint density at radius 1 is 1.44 bits per heavy atom. The van der Waals surface area contributed by atoms with E-state index in [1.54, 1.807) is 12.1 Å². The molecular formula is C9H9CuI2NO3. The third-order valence-corrected chi connectivity index (χ3v) is 4.26. The van der Waals surface area contributed by atoms with Crippen LogP contribution >= 0.6 is 45.2 Å². The molecule has 0 aliphatic carbocycles. The largest absolute Gasteiger partial charge is 0.508 e. The predicted molar refractivity (Wildman–Crippen MR) is 73.2 cm³/mol. The predicted octanol–water partition coefficient (Wildman–Crippen LogP) is 1.88. The van der Waals surface area contributed by atoms with Crippen LogP contribution in [0.25, 0.3) is 0 Å². The molecule has 0 fully saturated rings. The minimum Gasteiger partial charge on any atom is -0.508 e. The summed E-state index contributed by atoms with van der Waals surface area (Å²) in [6.07, 6.45) is 0. The minimum absolute atomic E-state index is 0. The second-order valence-corrected chi connectivity index (χ2v) is 5.48. The van der Waals surface area contributed by atoms with Crippen LogP contribution in [0.1, 0.15) is 9.49 Å². The molecule has 1 aromatic carbocycles. The van der Waals surface area contributed by atoms with Gasteiger partial charge < -0.3 is 15.9 Å². The summed E-state index contributed by atoms with van der Waals surface area (Å²) in [5.74, 6) is -0.867. The number of carbonyl (C=O) groups is 1. The maximum atomic E-state index is 10.7. The molecule has 0 amide bonds. The molecule has 0 saturated carbocycles. The third-order valence-electron chi connectivity index (χ3n) is 1.88. The van der Waals surface area contributed by atoms with Gasteiger partial charge in [-0.15, -0.1) is 0 Å². The monoisotopic (exact) mass is 496 g/mol. The van der Waals surface area contributed by atoms with Crippen LogP contribution in [0, 0.1) is 3.57 Å². The average Bonchev–Trinajstić information content (AvgIpc) is 2.15. The van der Waals surface area contributed by atoms with E-state index in [1.807, 2.05) is 45.2 Å². The first-order valence-electron chi connectivity index (χ1n) is 4.04. The zero-order chi connectivity index (χ0) is 11.6. The van der Waals surface area contributed by atoms with Crippen molar-refractivity contribution in [3.63, 3.8) is 0 Å². The number of halogens is 2. The number of hydrogen-bond donors (Lipinski definition) is 3. The molecule has 0 bridgehead atoms. The Kier molecular flexibility index (Phi) is 7.18. The number of aromatic hydroxyl groups is 1. The van der Waals surface area contributed by atoms with Gasteiger partial charge in [-0.3, -0.25) is 4.79 Å². The van der Waals surface area contributed by atoms with Crippen LogP contribution in [0.5, 0.6) is 5.75 Å². The van der Waals surface area contributed by atoms with Gasteiger partial charge in [0.05, 0.1) is 3.92 Å². The Bertz CT molecular complexity index is 389. The van der Waals surface area contributed by atoms with E-state index < -0.39 is 12.0 Å². The number of aliphatic carboxylic acids is 1. The maximum Gasteiger partial charge on any atom is 0.321 e. The Balaban J connectivity index is 0.00000225. The van der Waals surface area contributed by atoms with Gasteiger partial charge in [0.2, 0.25) is 0 Å². The zero-order valence-electron chi connectivity index (χ0n) is 7.82. The van der Waals surface area contributed by atoms with Gasteiger partial charge in [-0.2, -0.15) is 0 Å². The van der Waals surface area contributed by atoms with Crippen molar-refractivity contribution in [2.45, 2.75) is 9.97 Å². The van der Waals surface area contributed by atoms with Crippen molar-refractivity contribution >= 4 is 51.2 Å². The molecule has 16 heavy (non-hydrogen) atoms. The van der Waals surface area contributed by atoms with Gasteiger partial charge in [-0.05, 0) is 40.3 Å². The Morgan fingerprint density at radius 3 is 2.44 bits per heavy atom. The molecule has 0 heterocycles. The second-order valence-electron chi connectivity index (χ2n) is 2.97. The summed E-state index contributed by atoms with van der Waals surface area (Å²) in [4.78, 5) is 10.7. The number of alkyl halides is 1. The number of phenolic OH excluding ortho intramolecular Hbond substituents is 1. The van der Waals surface area contributed by atoms with Crippen molar-refractivity contribution < 1.29 is 32.1 Å². The van der Waals surface area contributed by atoms with E-state index in [-0.39, 0.29) is 26.7 Å². The normalized spacial score (nSPS) is 13.7. The standard InChI is InChI=1S/C9H9I2NO3.Cu/c10-6-3-4(13)1-2-5(6)7(11)8(12)9(14)15;/h1-3,7-8,13H,12H2,(H,14,15);/t7?,8-;/m0./s1. The van der Waals surface area contributed by atoms with Gasteiger partial charge in [0.15, 0.2) is 0 Å². The molecule has 1 aromatic rings. The summed E-state index contributed by atoms with van der Waals surface area (Å²) in [6, 6.07) is 3.86. The third kappa shape index (κ3) is 4.02. The first-order chi connectivity index (χ1) is 6.93. The van der Waals surface area contributed by atoms with Gasteiger partial charge >= 0.3 is 5.97 Å². The molecular weight excluding hydrogens is 487 g/mol. The number of carboxylic acid groups (broad SMARTS) is 1. The summed E-state index contributed by atoms with van der Waals surface area (Å²) >= 11 is 4.04. The molecule has 0 spiro atoms. The van der Waals surface area contributed by atoms with Crippen molar-refractivity contribution in [2.24, 2.45) is 5.73 Å². The van der Waals surface area contributed by atoms with Gasteiger partial charge in [0, 0.05) is 20.6 Å². The smallest absolute Gasteiger partial charge is 0.321 e. The van der Waals surface area contributed by atoms with Gasteiger partial charge in [0.1, 0.15) is 11.8 Å². The summed E-state index contributed by atoms with van der Waals surface area (Å²) in [7, 11) is 0. The van der Waals surface area contributed by atoms with Crippen LogP contribution in [-0.2, 0) is 21.9 Å². The first-order valence-corrected chi connectivity index (χ1v) is 6.36. The number of phenols is 1. The van der Waals surface area contributed by atoms with Crippen LogP contribution in [0.3, 0.4) is 0 Å².